The number of carbonyl (C=O) groups is 1. The van der Waals surface area contributed by atoms with Gasteiger partial charge in [0, 0.05) is 24.3 Å². The smallest absolute Gasteiger partial charge is 0.449 e. The summed E-state index contributed by atoms with van der Waals surface area (Å²) < 4.78 is 4.33. The van der Waals surface area contributed by atoms with Crippen molar-refractivity contribution in [2.45, 2.75) is 0 Å². The Morgan fingerprint density at radius 3 is 1.59 bits per heavy atom. The highest BCUT2D eigenvalue weighted by molar-refractivity contribution is 5.60. The van der Waals surface area contributed by atoms with Crippen LogP contribution in [0.1, 0.15) is 0 Å². The van der Waals surface area contributed by atoms with E-state index in [1.165, 1.54) is 0 Å². The van der Waals surface area contributed by atoms with Crippen molar-refractivity contribution >= 4 is 17.5 Å². The quantitative estimate of drug-likeness (QED) is 0.398. The van der Waals surface area contributed by atoms with Gasteiger partial charge in [-0.2, -0.15) is 0 Å². The summed E-state index contributed by atoms with van der Waals surface area (Å²) in [6.07, 6.45) is -1.29. The van der Waals surface area contributed by atoms with Gasteiger partial charge in [0.25, 0.3) is 11.4 Å². The van der Waals surface area contributed by atoms with Gasteiger partial charge in [-0.25, -0.2) is 4.79 Å². The van der Waals surface area contributed by atoms with Crippen LogP contribution in [0.15, 0.2) is 54.6 Å². The van der Waals surface area contributed by atoms with Gasteiger partial charge in [0.15, 0.2) is 0 Å². The normalized spacial score (nSPS) is 9.09. The molecule has 22 heavy (non-hydrogen) atoms. The SMILES string of the molecule is O=C(O)Oc1ccccc1.O=[N+]([O-])c1ccc([N+](=O)[O-])cc1. The third-order valence-corrected chi connectivity index (χ3v) is 2.22. The fourth-order valence-electron chi connectivity index (χ4n) is 1.29. The number of nitro groups is 2. The predicted octanol–water partition coefficient (Wildman–Crippen LogP) is 3.25. The Hall–Kier alpha value is -3.49. The van der Waals surface area contributed by atoms with Crippen LogP contribution in [0.5, 0.6) is 5.75 Å². The highest BCUT2D eigenvalue weighted by Crippen LogP contribution is 2.16. The second-order valence-electron chi connectivity index (χ2n) is 3.71. The van der Waals surface area contributed by atoms with Crippen LogP contribution in [0.4, 0.5) is 16.2 Å². The van der Waals surface area contributed by atoms with Crippen LogP contribution in [0, 0.1) is 20.2 Å². The Morgan fingerprint density at radius 2 is 1.27 bits per heavy atom. The number of para-hydroxylation sites is 1. The zero-order valence-electron chi connectivity index (χ0n) is 11.0. The highest BCUT2D eigenvalue weighted by atomic mass is 16.7. The summed E-state index contributed by atoms with van der Waals surface area (Å²) >= 11 is 0. The van der Waals surface area contributed by atoms with Crippen molar-refractivity contribution in [1.82, 2.24) is 0 Å². The van der Waals surface area contributed by atoms with Gasteiger partial charge in [-0.3, -0.25) is 20.2 Å². The van der Waals surface area contributed by atoms with Crippen molar-refractivity contribution in [2.75, 3.05) is 0 Å². The molecule has 0 spiro atoms. The molecule has 0 aliphatic heterocycles. The summed E-state index contributed by atoms with van der Waals surface area (Å²) in [4.78, 5) is 29.0. The summed E-state index contributed by atoms with van der Waals surface area (Å²) in [5.41, 5.74) is -0.304. The summed E-state index contributed by atoms with van der Waals surface area (Å²) in [5.74, 6) is 0.343. The van der Waals surface area contributed by atoms with Gasteiger partial charge in [-0.15, -0.1) is 0 Å². The molecule has 2 rings (SSSR count). The van der Waals surface area contributed by atoms with E-state index in [1.807, 2.05) is 0 Å². The highest BCUT2D eigenvalue weighted by Gasteiger charge is 2.08. The largest absolute Gasteiger partial charge is 0.511 e. The lowest BCUT2D eigenvalue weighted by Crippen LogP contribution is -2.02. The Kier molecular flexibility index (Phi) is 5.98. The van der Waals surface area contributed by atoms with Crippen LogP contribution in [-0.4, -0.2) is 21.1 Å². The number of hydrogen-bond donors (Lipinski definition) is 1. The average molecular weight is 306 g/mol. The van der Waals surface area contributed by atoms with Crippen LogP contribution < -0.4 is 4.74 Å². The zero-order valence-corrected chi connectivity index (χ0v) is 11.0. The Balaban J connectivity index is 0.000000224. The van der Waals surface area contributed by atoms with Gasteiger partial charge in [-0.1, -0.05) is 18.2 Å². The standard InChI is InChI=1S/C7H6O3.C6H4N2O4/c8-7(9)10-6-4-2-1-3-5-6;9-7(10)5-1-2-6(4-3-5)8(11)12/h1-5H,(H,8,9);1-4H. The molecule has 9 heteroatoms. The predicted molar refractivity (Wildman–Crippen MR) is 74.8 cm³/mol. The van der Waals surface area contributed by atoms with Crippen molar-refractivity contribution in [2.24, 2.45) is 0 Å². The van der Waals surface area contributed by atoms with Crippen LogP contribution in [-0.2, 0) is 0 Å². The molecule has 0 aliphatic carbocycles. The van der Waals surface area contributed by atoms with Gasteiger partial charge < -0.3 is 9.84 Å². The molecule has 9 nitrogen and oxygen atoms in total. The van der Waals surface area contributed by atoms with E-state index in [1.54, 1.807) is 30.3 Å². The maximum Gasteiger partial charge on any atom is 0.511 e. The molecule has 0 aliphatic rings. The minimum Gasteiger partial charge on any atom is -0.449 e. The monoisotopic (exact) mass is 306 g/mol. The van der Waals surface area contributed by atoms with Crippen molar-refractivity contribution in [3.8, 4) is 5.75 Å². The van der Waals surface area contributed by atoms with Crippen LogP contribution in [0.25, 0.3) is 0 Å². The van der Waals surface area contributed by atoms with Gasteiger partial charge >= 0.3 is 6.16 Å². The summed E-state index contributed by atoms with van der Waals surface area (Å²) in [7, 11) is 0. The van der Waals surface area contributed by atoms with Crippen molar-refractivity contribution < 1.29 is 24.5 Å². The van der Waals surface area contributed by atoms with E-state index in [4.69, 9.17) is 5.11 Å². The summed E-state index contributed by atoms with van der Waals surface area (Å²) in [5, 5.41) is 28.4. The fraction of sp³-hybridized carbons (Fsp3) is 0. The van der Waals surface area contributed by atoms with Crippen LogP contribution in [0.2, 0.25) is 0 Å². The molecule has 0 bridgehead atoms. The summed E-state index contributed by atoms with van der Waals surface area (Å²) in [6, 6.07) is 12.7. The average Bonchev–Trinajstić information content (AvgIpc) is 2.48. The second-order valence-corrected chi connectivity index (χ2v) is 3.71. The number of nitro benzene ring substituents is 2. The number of non-ortho nitro benzene ring substituents is 2. The van der Waals surface area contributed by atoms with E-state index in [0.717, 1.165) is 24.3 Å². The van der Waals surface area contributed by atoms with E-state index >= 15 is 0 Å². The van der Waals surface area contributed by atoms with Crippen molar-refractivity contribution in [1.29, 1.82) is 0 Å². The molecule has 2 aromatic rings. The minimum atomic E-state index is -1.29. The molecule has 0 atom stereocenters. The van der Waals surface area contributed by atoms with Gasteiger partial charge in [0.2, 0.25) is 0 Å². The number of nitrogens with zero attached hydrogens (tertiary/aromatic N) is 2. The second kappa shape index (κ2) is 7.94. The molecular weight excluding hydrogens is 296 g/mol. The molecule has 0 radical (unpaired) electrons. The molecular formula is C13H10N2O7. The third-order valence-electron chi connectivity index (χ3n) is 2.22. The number of rotatable bonds is 3. The molecule has 0 amide bonds. The van der Waals surface area contributed by atoms with Gasteiger partial charge in [-0.05, 0) is 12.1 Å². The maximum atomic E-state index is 10.1. The topological polar surface area (TPSA) is 133 Å². The number of benzene rings is 2. The zero-order chi connectivity index (χ0) is 16.5. The first-order valence-electron chi connectivity index (χ1n) is 5.75. The van der Waals surface area contributed by atoms with E-state index in [9.17, 15) is 25.0 Å². The Morgan fingerprint density at radius 1 is 0.864 bits per heavy atom. The molecule has 0 heterocycles. The molecule has 1 N–H and O–H groups in total. The van der Waals surface area contributed by atoms with Crippen molar-refractivity contribution in [3.63, 3.8) is 0 Å². The third kappa shape index (κ3) is 5.65. The van der Waals surface area contributed by atoms with E-state index in [0.29, 0.717) is 5.75 Å². The van der Waals surface area contributed by atoms with Crippen LogP contribution >= 0.6 is 0 Å². The van der Waals surface area contributed by atoms with E-state index in [-0.39, 0.29) is 11.4 Å². The first-order chi connectivity index (χ1) is 10.4. The minimum absolute atomic E-state index is 0.152. The Labute approximate surface area is 123 Å². The molecule has 114 valence electrons. The van der Waals surface area contributed by atoms with E-state index in [2.05, 4.69) is 4.74 Å². The molecule has 0 saturated heterocycles. The molecule has 0 fully saturated rings. The van der Waals surface area contributed by atoms with Gasteiger partial charge in [0.05, 0.1) is 9.85 Å². The molecule has 0 unspecified atom stereocenters. The first-order valence-corrected chi connectivity index (χ1v) is 5.75. The molecule has 0 aromatic heterocycles. The molecule has 0 saturated carbocycles. The number of ether oxygens (including phenoxy) is 1. The lowest BCUT2D eigenvalue weighted by atomic mass is 10.3. The number of hydrogen-bond acceptors (Lipinski definition) is 6. The first kappa shape index (κ1) is 16.6. The lowest BCUT2D eigenvalue weighted by molar-refractivity contribution is -0.389. The van der Waals surface area contributed by atoms with Gasteiger partial charge in [0.1, 0.15) is 5.75 Å². The maximum absolute atomic E-state index is 10.1. The number of carboxylic acid groups (broad SMARTS) is 1. The van der Waals surface area contributed by atoms with Crippen LogP contribution in [0.3, 0.4) is 0 Å². The molecule has 2 aromatic carbocycles. The van der Waals surface area contributed by atoms with Crippen molar-refractivity contribution in [3.05, 3.63) is 74.8 Å². The summed E-state index contributed by atoms with van der Waals surface area (Å²) in [6.45, 7) is 0. The Bertz CT molecular complexity index is 623. The van der Waals surface area contributed by atoms with E-state index < -0.39 is 16.0 Å². The lowest BCUT2D eigenvalue weighted by Gasteiger charge is -1.95. The fourth-order valence-corrected chi connectivity index (χ4v) is 1.29.